The van der Waals surface area contributed by atoms with Gasteiger partial charge in [0.2, 0.25) is 0 Å². The summed E-state index contributed by atoms with van der Waals surface area (Å²) >= 11 is 0. The molecule has 2 aromatic heterocycles. The Balaban J connectivity index is 1.62. The first-order valence-corrected chi connectivity index (χ1v) is 11.0. The number of aliphatic hydroxyl groups excluding tert-OH is 1. The van der Waals surface area contributed by atoms with Crippen LogP contribution in [0, 0.1) is 12.8 Å². The Morgan fingerprint density at radius 3 is 2.67 bits per heavy atom. The molecule has 33 heavy (non-hydrogen) atoms. The maximum Gasteiger partial charge on any atom is 0.343 e. The van der Waals surface area contributed by atoms with Crippen LogP contribution in [-0.2, 0) is 9.53 Å². The van der Waals surface area contributed by atoms with Crippen molar-refractivity contribution in [2.75, 3.05) is 25.6 Å². The van der Waals surface area contributed by atoms with Crippen LogP contribution in [0.2, 0.25) is 0 Å². The molecule has 2 N–H and O–H groups in total. The summed E-state index contributed by atoms with van der Waals surface area (Å²) in [5, 5.41) is 12.2. The number of anilines is 1. The molecule has 9 heteroatoms. The number of nitrogens with one attached hydrogen (secondary N) is 1. The van der Waals surface area contributed by atoms with Gasteiger partial charge in [-0.1, -0.05) is 6.07 Å². The number of oxazole rings is 1. The largest absolute Gasteiger partial charge is 0.480 e. The highest BCUT2D eigenvalue weighted by molar-refractivity contribution is 6.04. The van der Waals surface area contributed by atoms with Crippen LogP contribution >= 0.6 is 0 Å². The van der Waals surface area contributed by atoms with Crippen molar-refractivity contribution in [2.45, 2.75) is 38.5 Å². The van der Waals surface area contributed by atoms with E-state index in [0.29, 0.717) is 28.6 Å². The van der Waals surface area contributed by atoms with Crippen LogP contribution in [0.5, 0.6) is 5.75 Å². The average molecular weight is 453 g/mol. The number of aryl methyl sites for hydroxylation is 1. The van der Waals surface area contributed by atoms with Gasteiger partial charge in [-0.2, -0.15) is 0 Å². The average Bonchev–Trinajstić information content (AvgIpc) is 3.25. The normalized spacial score (nSPS) is 18.2. The lowest BCUT2D eigenvalue weighted by molar-refractivity contribution is -0.142. The van der Waals surface area contributed by atoms with Crippen LogP contribution in [0.3, 0.4) is 0 Å². The van der Waals surface area contributed by atoms with E-state index in [0.717, 1.165) is 31.4 Å². The van der Waals surface area contributed by atoms with Crippen LogP contribution in [0.25, 0.3) is 11.1 Å². The Morgan fingerprint density at radius 2 is 1.97 bits per heavy atom. The molecule has 0 radical (unpaired) electrons. The molecule has 3 aromatic rings. The molecule has 1 aliphatic rings. The number of hydrogen-bond donors (Lipinski definition) is 2. The number of rotatable bonds is 7. The van der Waals surface area contributed by atoms with Crippen molar-refractivity contribution in [3.05, 3.63) is 47.6 Å². The van der Waals surface area contributed by atoms with E-state index in [1.165, 1.54) is 7.11 Å². The van der Waals surface area contributed by atoms with Gasteiger partial charge in [0.15, 0.2) is 18.1 Å². The summed E-state index contributed by atoms with van der Waals surface area (Å²) in [6.07, 6.45) is 3.65. The maximum absolute atomic E-state index is 12.8. The first-order valence-electron chi connectivity index (χ1n) is 11.0. The SMILES string of the molecule is COC(=O)COc1cc2nc([C@H]3CC[C@H](CO)CC3)oc2cc1NC(=O)c1cccc(C)n1. The molecule has 0 atom stereocenters. The highest BCUT2D eigenvalue weighted by Gasteiger charge is 2.26. The van der Waals surface area contributed by atoms with Crippen LogP contribution in [0.1, 0.15) is 53.7 Å². The van der Waals surface area contributed by atoms with Gasteiger partial charge < -0.3 is 24.3 Å². The number of pyridine rings is 1. The minimum atomic E-state index is -0.547. The van der Waals surface area contributed by atoms with Crippen molar-refractivity contribution in [3.63, 3.8) is 0 Å². The fourth-order valence-electron chi connectivity index (χ4n) is 4.01. The van der Waals surface area contributed by atoms with E-state index in [9.17, 15) is 14.7 Å². The third kappa shape index (κ3) is 5.31. The third-order valence-electron chi connectivity index (χ3n) is 5.90. The smallest absolute Gasteiger partial charge is 0.343 e. The Bertz CT molecular complexity index is 1150. The van der Waals surface area contributed by atoms with Gasteiger partial charge in [-0.15, -0.1) is 0 Å². The van der Waals surface area contributed by atoms with E-state index in [4.69, 9.17) is 9.15 Å². The molecular formula is C24H27N3O6. The van der Waals surface area contributed by atoms with Crippen molar-refractivity contribution in [1.82, 2.24) is 9.97 Å². The second kappa shape index (κ2) is 9.99. The Hall–Kier alpha value is -3.46. The van der Waals surface area contributed by atoms with Crippen molar-refractivity contribution < 1.29 is 28.6 Å². The van der Waals surface area contributed by atoms with Crippen molar-refractivity contribution in [1.29, 1.82) is 0 Å². The summed E-state index contributed by atoms with van der Waals surface area (Å²) in [5.41, 5.74) is 2.39. The fourth-order valence-corrected chi connectivity index (χ4v) is 4.01. The van der Waals surface area contributed by atoms with Gasteiger partial charge in [-0.3, -0.25) is 4.79 Å². The molecule has 4 rings (SSSR count). The molecule has 1 aromatic carbocycles. The van der Waals surface area contributed by atoms with E-state index in [1.54, 1.807) is 37.3 Å². The van der Waals surface area contributed by atoms with Gasteiger partial charge in [-0.25, -0.2) is 14.8 Å². The van der Waals surface area contributed by atoms with Gasteiger partial charge in [-0.05, 0) is 50.7 Å². The van der Waals surface area contributed by atoms with Crippen LogP contribution < -0.4 is 10.1 Å². The van der Waals surface area contributed by atoms with E-state index < -0.39 is 11.9 Å². The number of aliphatic hydroxyl groups is 1. The first kappa shape index (κ1) is 22.7. The number of carbonyl (C=O) groups excluding carboxylic acids is 2. The zero-order valence-electron chi connectivity index (χ0n) is 18.7. The number of benzene rings is 1. The standard InChI is InChI=1S/C24H27N3O6/c1-14-4-3-5-17(25-14)23(30)26-18-11-21-19(10-20(18)32-13-22(29)31-2)27-24(33-21)16-8-6-15(12-28)7-9-16/h3-5,10-11,15-16,28H,6-9,12-13H2,1-2H3,(H,26,30)/t15-,16-. The zero-order chi connectivity index (χ0) is 23.4. The van der Waals surface area contributed by atoms with Gasteiger partial charge >= 0.3 is 5.97 Å². The highest BCUT2D eigenvalue weighted by atomic mass is 16.6. The number of fused-ring (bicyclic) bond motifs is 1. The molecular weight excluding hydrogens is 426 g/mol. The van der Waals surface area contributed by atoms with Gasteiger partial charge in [0.05, 0.1) is 12.8 Å². The van der Waals surface area contributed by atoms with Crippen molar-refractivity contribution in [3.8, 4) is 5.75 Å². The number of ether oxygens (including phenoxy) is 2. The molecule has 0 unspecified atom stereocenters. The summed E-state index contributed by atoms with van der Waals surface area (Å²) < 4.78 is 16.3. The predicted octanol–water partition coefficient (Wildman–Crippen LogP) is 3.60. The molecule has 174 valence electrons. The van der Waals surface area contributed by atoms with E-state index in [1.807, 2.05) is 0 Å². The molecule has 1 aliphatic carbocycles. The number of hydrogen-bond acceptors (Lipinski definition) is 8. The first-order chi connectivity index (χ1) is 16.0. The third-order valence-corrected chi connectivity index (χ3v) is 5.90. The van der Waals surface area contributed by atoms with E-state index in [-0.39, 0.29) is 30.6 Å². The number of amides is 1. The Kier molecular flexibility index (Phi) is 6.88. The van der Waals surface area contributed by atoms with Crippen LogP contribution in [0.15, 0.2) is 34.7 Å². The highest BCUT2D eigenvalue weighted by Crippen LogP contribution is 2.38. The van der Waals surface area contributed by atoms with E-state index in [2.05, 4.69) is 20.0 Å². The minimum absolute atomic E-state index is 0.175. The summed E-state index contributed by atoms with van der Waals surface area (Å²) in [6, 6.07) is 8.46. The second-order valence-corrected chi connectivity index (χ2v) is 8.25. The number of nitrogens with zero attached hydrogens (tertiary/aromatic N) is 2. The molecule has 1 amide bonds. The Labute approximate surface area is 191 Å². The summed E-state index contributed by atoms with van der Waals surface area (Å²) in [7, 11) is 1.27. The van der Waals surface area contributed by atoms with Crippen LogP contribution in [-0.4, -0.2) is 47.3 Å². The van der Waals surface area contributed by atoms with Crippen molar-refractivity contribution in [2.24, 2.45) is 5.92 Å². The van der Waals surface area contributed by atoms with Gasteiger partial charge in [0, 0.05) is 30.4 Å². The van der Waals surface area contributed by atoms with Gasteiger partial charge in [0.25, 0.3) is 5.91 Å². The molecule has 9 nitrogen and oxygen atoms in total. The number of methoxy groups -OCH3 is 1. The number of aromatic nitrogens is 2. The number of esters is 1. The fraction of sp³-hybridized carbons (Fsp3) is 0.417. The van der Waals surface area contributed by atoms with Crippen LogP contribution in [0.4, 0.5) is 5.69 Å². The molecule has 0 aliphatic heterocycles. The van der Waals surface area contributed by atoms with Crippen molar-refractivity contribution >= 4 is 28.7 Å². The number of carbonyl (C=O) groups is 2. The Morgan fingerprint density at radius 1 is 1.18 bits per heavy atom. The monoisotopic (exact) mass is 453 g/mol. The summed E-state index contributed by atoms with van der Waals surface area (Å²) in [4.78, 5) is 33.3. The molecule has 0 saturated heterocycles. The second-order valence-electron chi connectivity index (χ2n) is 8.25. The summed E-state index contributed by atoms with van der Waals surface area (Å²) in [5.74, 6) is 0.453. The lowest BCUT2D eigenvalue weighted by Gasteiger charge is -2.24. The molecule has 1 fully saturated rings. The lowest BCUT2D eigenvalue weighted by atomic mass is 9.82. The zero-order valence-corrected chi connectivity index (χ0v) is 18.7. The minimum Gasteiger partial charge on any atom is -0.480 e. The topological polar surface area (TPSA) is 124 Å². The molecule has 2 heterocycles. The van der Waals surface area contributed by atoms with E-state index >= 15 is 0 Å². The molecule has 0 spiro atoms. The quantitative estimate of drug-likeness (QED) is 0.520. The molecule has 1 saturated carbocycles. The maximum atomic E-state index is 12.8. The lowest BCUT2D eigenvalue weighted by Crippen LogP contribution is -2.17. The predicted molar refractivity (Wildman–Crippen MR) is 120 cm³/mol. The van der Waals surface area contributed by atoms with Gasteiger partial charge in [0.1, 0.15) is 17.0 Å². The molecule has 0 bridgehead atoms. The summed E-state index contributed by atoms with van der Waals surface area (Å²) in [6.45, 7) is 1.70.